The second-order valence-electron chi connectivity index (χ2n) is 4.53. The standard InChI is InChI=1S/C13H19NO4/c1-13(2,16)9-14-12(15)8-18-11-7-5-4-6-10(11)17-3/h4-7,16H,8-9H2,1-3H3,(H,14,15). The minimum absolute atomic E-state index is 0.115. The molecule has 0 fully saturated rings. The summed E-state index contributed by atoms with van der Waals surface area (Å²) < 4.78 is 10.4. The summed E-state index contributed by atoms with van der Waals surface area (Å²) in [4.78, 5) is 11.5. The molecule has 0 atom stereocenters. The molecule has 0 heterocycles. The molecule has 1 rings (SSSR count). The predicted octanol–water partition coefficient (Wildman–Crippen LogP) is 0.961. The van der Waals surface area contributed by atoms with Gasteiger partial charge in [-0.3, -0.25) is 4.79 Å². The molecule has 100 valence electrons. The van der Waals surface area contributed by atoms with Gasteiger partial charge < -0.3 is 19.9 Å². The van der Waals surface area contributed by atoms with Gasteiger partial charge in [-0.25, -0.2) is 0 Å². The predicted molar refractivity (Wildman–Crippen MR) is 67.8 cm³/mol. The van der Waals surface area contributed by atoms with Gasteiger partial charge in [-0.2, -0.15) is 0 Å². The van der Waals surface area contributed by atoms with E-state index in [0.717, 1.165) is 0 Å². The lowest BCUT2D eigenvalue weighted by atomic mass is 10.1. The zero-order chi connectivity index (χ0) is 13.6. The van der Waals surface area contributed by atoms with E-state index < -0.39 is 5.60 Å². The summed E-state index contributed by atoms with van der Waals surface area (Å²) in [5.74, 6) is 0.800. The molecule has 5 nitrogen and oxygen atoms in total. The van der Waals surface area contributed by atoms with Gasteiger partial charge in [-0.05, 0) is 26.0 Å². The first kappa shape index (κ1) is 14.3. The number of amides is 1. The number of carbonyl (C=O) groups excluding carboxylic acids is 1. The molecule has 0 bridgehead atoms. The van der Waals surface area contributed by atoms with Gasteiger partial charge in [0.2, 0.25) is 0 Å². The van der Waals surface area contributed by atoms with E-state index >= 15 is 0 Å². The van der Waals surface area contributed by atoms with Crippen molar-refractivity contribution in [2.45, 2.75) is 19.4 Å². The summed E-state index contributed by atoms with van der Waals surface area (Å²) in [6, 6.07) is 7.10. The van der Waals surface area contributed by atoms with Crippen LogP contribution < -0.4 is 14.8 Å². The van der Waals surface area contributed by atoms with Crippen molar-refractivity contribution >= 4 is 5.91 Å². The first-order chi connectivity index (χ1) is 8.42. The van der Waals surface area contributed by atoms with Crippen LogP contribution >= 0.6 is 0 Å². The smallest absolute Gasteiger partial charge is 0.258 e. The molecular weight excluding hydrogens is 234 g/mol. The summed E-state index contributed by atoms with van der Waals surface area (Å²) in [5.41, 5.74) is -0.930. The first-order valence-electron chi connectivity index (χ1n) is 5.67. The van der Waals surface area contributed by atoms with Crippen molar-refractivity contribution in [3.05, 3.63) is 24.3 Å². The van der Waals surface area contributed by atoms with Gasteiger partial charge in [0.15, 0.2) is 18.1 Å². The number of aliphatic hydroxyl groups is 1. The molecule has 0 aromatic heterocycles. The number of methoxy groups -OCH3 is 1. The van der Waals surface area contributed by atoms with Crippen LogP contribution in [0, 0.1) is 0 Å². The highest BCUT2D eigenvalue weighted by atomic mass is 16.5. The van der Waals surface area contributed by atoms with Crippen LogP contribution in [0.4, 0.5) is 0 Å². The molecule has 0 saturated heterocycles. The number of rotatable bonds is 6. The summed E-state index contributed by atoms with van der Waals surface area (Å²) in [7, 11) is 1.54. The lowest BCUT2D eigenvalue weighted by molar-refractivity contribution is -0.124. The average Bonchev–Trinajstić information content (AvgIpc) is 2.33. The molecule has 0 aliphatic rings. The van der Waals surface area contributed by atoms with Gasteiger partial charge in [-0.1, -0.05) is 12.1 Å². The number of carbonyl (C=O) groups is 1. The number of nitrogens with one attached hydrogen (secondary N) is 1. The van der Waals surface area contributed by atoms with Crippen LogP contribution in [0.1, 0.15) is 13.8 Å². The molecule has 1 aromatic rings. The van der Waals surface area contributed by atoms with Crippen molar-refractivity contribution < 1.29 is 19.4 Å². The van der Waals surface area contributed by atoms with Gasteiger partial charge in [0.1, 0.15) is 0 Å². The molecule has 0 unspecified atom stereocenters. The van der Waals surface area contributed by atoms with E-state index in [1.165, 1.54) is 7.11 Å². The Morgan fingerprint density at radius 2 is 1.94 bits per heavy atom. The Hall–Kier alpha value is -1.75. The third-order valence-corrected chi connectivity index (χ3v) is 2.15. The van der Waals surface area contributed by atoms with E-state index in [1.54, 1.807) is 32.0 Å². The Labute approximate surface area is 107 Å². The SMILES string of the molecule is COc1ccccc1OCC(=O)NCC(C)(C)O. The Morgan fingerprint density at radius 1 is 1.33 bits per heavy atom. The maximum absolute atomic E-state index is 11.5. The zero-order valence-corrected chi connectivity index (χ0v) is 10.9. The molecule has 0 radical (unpaired) electrons. The quantitative estimate of drug-likeness (QED) is 0.792. The normalized spacial score (nSPS) is 10.9. The molecule has 0 spiro atoms. The second-order valence-corrected chi connectivity index (χ2v) is 4.53. The number of hydrogen-bond donors (Lipinski definition) is 2. The van der Waals surface area contributed by atoms with Crippen molar-refractivity contribution in [2.24, 2.45) is 0 Å². The fraction of sp³-hybridized carbons (Fsp3) is 0.462. The largest absolute Gasteiger partial charge is 0.493 e. The molecule has 18 heavy (non-hydrogen) atoms. The summed E-state index contributed by atoms with van der Waals surface area (Å²) in [5, 5.41) is 12.0. The fourth-order valence-corrected chi connectivity index (χ4v) is 1.25. The van der Waals surface area contributed by atoms with Crippen LogP contribution in [-0.4, -0.2) is 36.9 Å². The molecule has 5 heteroatoms. The van der Waals surface area contributed by atoms with Gasteiger partial charge in [-0.15, -0.1) is 0 Å². The molecule has 0 aliphatic heterocycles. The number of para-hydroxylation sites is 2. The minimum atomic E-state index is -0.930. The zero-order valence-electron chi connectivity index (χ0n) is 10.9. The Balaban J connectivity index is 2.43. The summed E-state index contributed by atoms with van der Waals surface area (Å²) in [6.07, 6.45) is 0. The molecule has 0 saturated carbocycles. The Bertz CT molecular complexity index is 398. The van der Waals surface area contributed by atoms with Gasteiger partial charge in [0, 0.05) is 6.54 Å². The Morgan fingerprint density at radius 3 is 2.50 bits per heavy atom. The van der Waals surface area contributed by atoms with Gasteiger partial charge >= 0.3 is 0 Å². The second kappa shape index (κ2) is 6.26. The molecule has 1 aromatic carbocycles. The van der Waals surface area contributed by atoms with E-state index in [2.05, 4.69) is 5.32 Å². The molecule has 0 aliphatic carbocycles. The van der Waals surface area contributed by atoms with Gasteiger partial charge in [0.25, 0.3) is 5.91 Å². The number of benzene rings is 1. The highest BCUT2D eigenvalue weighted by molar-refractivity contribution is 5.77. The highest BCUT2D eigenvalue weighted by Gasteiger charge is 2.14. The van der Waals surface area contributed by atoms with Crippen molar-refractivity contribution in [2.75, 3.05) is 20.3 Å². The summed E-state index contributed by atoms with van der Waals surface area (Å²) >= 11 is 0. The van der Waals surface area contributed by atoms with E-state index in [4.69, 9.17) is 9.47 Å². The van der Waals surface area contributed by atoms with E-state index in [9.17, 15) is 9.90 Å². The van der Waals surface area contributed by atoms with Crippen molar-refractivity contribution in [3.63, 3.8) is 0 Å². The Kier molecular flexibility index (Phi) is 4.97. The van der Waals surface area contributed by atoms with Crippen molar-refractivity contribution in [1.82, 2.24) is 5.32 Å². The maximum Gasteiger partial charge on any atom is 0.258 e. The monoisotopic (exact) mass is 253 g/mol. The molecule has 1 amide bonds. The van der Waals surface area contributed by atoms with Crippen LogP contribution in [0.25, 0.3) is 0 Å². The van der Waals surface area contributed by atoms with E-state index in [1.807, 2.05) is 6.07 Å². The van der Waals surface area contributed by atoms with Crippen LogP contribution in [0.5, 0.6) is 11.5 Å². The highest BCUT2D eigenvalue weighted by Crippen LogP contribution is 2.25. The maximum atomic E-state index is 11.5. The molecule has 2 N–H and O–H groups in total. The third kappa shape index (κ3) is 5.05. The van der Waals surface area contributed by atoms with Crippen LogP contribution in [-0.2, 0) is 4.79 Å². The summed E-state index contributed by atoms with van der Waals surface area (Å²) in [6.45, 7) is 3.31. The fourth-order valence-electron chi connectivity index (χ4n) is 1.25. The third-order valence-electron chi connectivity index (χ3n) is 2.15. The lowest BCUT2D eigenvalue weighted by Gasteiger charge is -2.17. The first-order valence-corrected chi connectivity index (χ1v) is 5.67. The number of hydrogen-bond acceptors (Lipinski definition) is 4. The van der Waals surface area contributed by atoms with Crippen LogP contribution in [0.3, 0.4) is 0 Å². The van der Waals surface area contributed by atoms with Crippen molar-refractivity contribution in [1.29, 1.82) is 0 Å². The van der Waals surface area contributed by atoms with Gasteiger partial charge in [0.05, 0.1) is 12.7 Å². The topological polar surface area (TPSA) is 67.8 Å². The minimum Gasteiger partial charge on any atom is -0.493 e. The number of ether oxygens (including phenoxy) is 2. The van der Waals surface area contributed by atoms with E-state index in [-0.39, 0.29) is 19.1 Å². The molecular formula is C13H19NO4. The van der Waals surface area contributed by atoms with Crippen molar-refractivity contribution in [3.8, 4) is 11.5 Å². The lowest BCUT2D eigenvalue weighted by Crippen LogP contribution is -2.40. The average molecular weight is 253 g/mol. The van der Waals surface area contributed by atoms with E-state index in [0.29, 0.717) is 11.5 Å². The van der Waals surface area contributed by atoms with Crippen LogP contribution in [0.2, 0.25) is 0 Å². The van der Waals surface area contributed by atoms with Crippen LogP contribution in [0.15, 0.2) is 24.3 Å².